The van der Waals surface area contributed by atoms with Crippen LogP contribution in [0.2, 0.25) is 0 Å². The second kappa shape index (κ2) is 6.38. The second-order valence-corrected chi connectivity index (χ2v) is 5.69. The molecule has 0 amide bonds. The molecule has 2 heterocycles. The van der Waals surface area contributed by atoms with Gasteiger partial charge in [-0.15, -0.1) is 11.3 Å². The van der Waals surface area contributed by atoms with Gasteiger partial charge in [0.05, 0.1) is 0 Å². The minimum Gasteiger partial charge on any atom is -0.316 e. The van der Waals surface area contributed by atoms with Crippen molar-refractivity contribution in [2.24, 2.45) is 5.92 Å². The van der Waals surface area contributed by atoms with Gasteiger partial charge in [-0.1, -0.05) is 0 Å². The van der Waals surface area contributed by atoms with Gasteiger partial charge in [-0.2, -0.15) is 0 Å². The van der Waals surface area contributed by atoms with Gasteiger partial charge in [0.2, 0.25) is 0 Å². The van der Waals surface area contributed by atoms with Gasteiger partial charge in [0.15, 0.2) is 0 Å². The summed E-state index contributed by atoms with van der Waals surface area (Å²) in [7, 11) is 0. The fourth-order valence-corrected chi connectivity index (χ4v) is 3.18. The van der Waals surface area contributed by atoms with Crippen molar-refractivity contribution >= 4 is 11.3 Å². The fraction of sp³-hybridized carbons (Fsp3) is 0.692. The van der Waals surface area contributed by atoms with Gasteiger partial charge in [0.25, 0.3) is 0 Å². The van der Waals surface area contributed by atoms with Crippen LogP contribution in [0, 0.1) is 12.8 Å². The van der Waals surface area contributed by atoms with Crippen LogP contribution in [0.25, 0.3) is 0 Å². The van der Waals surface area contributed by atoms with Crippen LogP contribution in [-0.4, -0.2) is 26.2 Å². The van der Waals surface area contributed by atoms with Crippen molar-refractivity contribution in [3.63, 3.8) is 0 Å². The third-order valence-electron chi connectivity index (χ3n) is 3.33. The molecule has 3 heteroatoms. The zero-order chi connectivity index (χ0) is 11.2. The fourth-order valence-electron chi connectivity index (χ4n) is 2.27. The molecule has 0 saturated carbocycles. The zero-order valence-electron chi connectivity index (χ0n) is 10.1. The molecule has 2 N–H and O–H groups in total. The molecule has 0 spiro atoms. The Bertz CT molecular complexity index is 303. The average molecular weight is 238 g/mol. The van der Waals surface area contributed by atoms with Crippen molar-refractivity contribution in [1.29, 1.82) is 0 Å². The van der Waals surface area contributed by atoms with Crippen LogP contribution in [0.4, 0.5) is 0 Å². The van der Waals surface area contributed by atoms with Gasteiger partial charge in [0.1, 0.15) is 0 Å². The monoisotopic (exact) mass is 238 g/mol. The highest BCUT2D eigenvalue weighted by Crippen LogP contribution is 2.15. The molecule has 1 aliphatic heterocycles. The molecule has 2 rings (SSSR count). The molecule has 16 heavy (non-hydrogen) atoms. The highest BCUT2D eigenvalue weighted by molar-refractivity contribution is 7.10. The zero-order valence-corrected chi connectivity index (χ0v) is 10.9. The smallest absolute Gasteiger partial charge is 0.00870 e. The van der Waals surface area contributed by atoms with E-state index in [-0.39, 0.29) is 0 Å². The second-order valence-electron chi connectivity index (χ2n) is 4.69. The van der Waals surface area contributed by atoms with Gasteiger partial charge in [-0.25, -0.2) is 0 Å². The Kier molecular flexibility index (Phi) is 4.82. The van der Waals surface area contributed by atoms with Crippen molar-refractivity contribution in [3.05, 3.63) is 21.9 Å². The van der Waals surface area contributed by atoms with Crippen molar-refractivity contribution < 1.29 is 0 Å². The van der Waals surface area contributed by atoms with Crippen LogP contribution in [0.15, 0.2) is 11.4 Å². The Morgan fingerprint density at radius 3 is 3.19 bits per heavy atom. The molecule has 1 atom stereocenters. The summed E-state index contributed by atoms with van der Waals surface area (Å²) in [5.74, 6) is 0.846. The highest BCUT2D eigenvalue weighted by atomic mass is 32.1. The topological polar surface area (TPSA) is 24.1 Å². The number of hydrogen-bond acceptors (Lipinski definition) is 3. The minimum atomic E-state index is 0.846. The summed E-state index contributed by atoms with van der Waals surface area (Å²) in [6, 6.07) is 2.21. The van der Waals surface area contributed by atoms with E-state index >= 15 is 0 Å². The Labute approximate surface area is 102 Å². The summed E-state index contributed by atoms with van der Waals surface area (Å²) in [6.07, 6.45) is 3.91. The molecular weight excluding hydrogens is 216 g/mol. The number of hydrogen-bond donors (Lipinski definition) is 2. The number of piperidine rings is 1. The summed E-state index contributed by atoms with van der Waals surface area (Å²) in [5.41, 5.74) is 1.45. The molecule has 0 bridgehead atoms. The summed E-state index contributed by atoms with van der Waals surface area (Å²) in [5, 5.41) is 9.24. The SMILES string of the molecule is Cc1ccsc1CCNCC1CCCNC1. The van der Waals surface area contributed by atoms with Crippen molar-refractivity contribution in [3.8, 4) is 0 Å². The van der Waals surface area contributed by atoms with E-state index in [9.17, 15) is 0 Å². The lowest BCUT2D eigenvalue weighted by Crippen LogP contribution is -2.36. The molecule has 2 nitrogen and oxygen atoms in total. The first-order valence-corrected chi connectivity index (χ1v) is 7.18. The largest absolute Gasteiger partial charge is 0.316 e. The van der Waals surface area contributed by atoms with Crippen LogP contribution in [0.1, 0.15) is 23.3 Å². The van der Waals surface area contributed by atoms with Gasteiger partial charge in [0, 0.05) is 4.88 Å². The summed E-state index contributed by atoms with van der Waals surface area (Å²) >= 11 is 1.88. The molecule has 0 aliphatic carbocycles. The van der Waals surface area contributed by atoms with E-state index in [1.165, 1.54) is 49.3 Å². The standard InChI is InChI=1S/C13H22N2S/c1-11-5-8-16-13(11)4-7-15-10-12-3-2-6-14-9-12/h5,8,12,14-15H,2-4,6-7,9-10H2,1H3. The Morgan fingerprint density at radius 1 is 1.56 bits per heavy atom. The number of nitrogens with one attached hydrogen (secondary N) is 2. The maximum atomic E-state index is 3.59. The van der Waals surface area contributed by atoms with Crippen LogP contribution in [0.3, 0.4) is 0 Å². The van der Waals surface area contributed by atoms with E-state index < -0.39 is 0 Å². The Hall–Kier alpha value is -0.380. The van der Waals surface area contributed by atoms with Crippen LogP contribution < -0.4 is 10.6 Å². The first-order valence-electron chi connectivity index (χ1n) is 6.30. The third-order valence-corrected chi connectivity index (χ3v) is 4.41. The number of rotatable bonds is 5. The number of aryl methyl sites for hydroxylation is 1. The third kappa shape index (κ3) is 3.58. The summed E-state index contributed by atoms with van der Waals surface area (Å²) < 4.78 is 0. The van der Waals surface area contributed by atoms with Crippen LogP contribution in [0.5, 0.6) is 0 Å². The molecule has 90 valence electrons. The van der Waals surface area contributed by atoms with Crippen molar-refractivity contribution in [1.82, 2.24) is 10.6 Å². The quantitative estimate of drug-likeness (QED) is 0.768. The van der Waals surface area contributed by atoms with Crippen molar-refractivity contribution in [2.75, 3.05) is 26.2 Å². The van der Waals surface area contributed by atoms with Gasteiger partial charge >= 0.3 is 0 Å². The predicted molar refractivity (Wildman–Crippen MR) is 71.2 cm³/mol. The molecule has 1 fully saturated rings. The van der Waals surface area contributed by atoms with E-state index in [0.717, 1.165) is 12.5 Å². The average Bonchev–Trinajstić information content (AvgIpc) is 2.72. The van der Waals surface area contributed by atoms with Crippen LogP contribution in [-0.2, 0) is 6.42 Å². The van der Waals surface area contributed by atoms with E-state index in [1.54, 1.807) is 0 Å². The lowest BCUT2D eigenvalue weighted by Gasteiger charge is -2.22. The molecule has 1 aromatic heterocycles. The molecular formula is C13H22N2S. The predicted octanol–water partition coefficient (Wildman–Crippen LogP) is 2.19. The first-order chi connectivity index (χ1) is 7.86. The Morgan fingerprint density at radius 2 is 2.50 bits per heavy atom. The molecule has 0 aromatic carbocycles. The van der Waals surface area contributed by atoms with Crippen LogP contribution >= 0.6 is 11.3 Å². The molecule has 1 aliphatic rings. The maximum absolute atomic E-state index is 3.59. The van der Waals surface area contributed by atoms with Gasteiger partial charge < -0.3 is 10.6 Å². The van der Waals surface area contributed by atoms with E-state index in [0.29, 0.717) is 0 Å². The molecule has 1 unspecified atom stereocenters. The van der Waals surface area contributed by atoms with Gasteiger partial charge in [-0.05, 0) is 75.3 Å². The first kappa shape index (κ1) is 12.1. The molecule has 1 aromatic rings. The van der Waals surface area contributed by atoms with E-state index in [4.69, 9.17) is 0 Å². The normalized spacial score (nSPS) is 21.2. The highest BCUT2D eigenvalue weighted by Gasteiger charge is 2.11. The van der Waals surface area contributed by atoms with E-state index in [1.807, 2.05) is 11.3 Å². The van der Waals surface area contributed by atoms with Crippen molar-refractivity contribution in [2.45, 2.75) is 26.2 Å². The van der Waals surface area contributed by atoms with Gasteiger partial charge in [-0.3, -0.25) is 0 Å². The summed E-state index contributed by atoms with van der Waals surface area (Å²) in [4.78, 5) is 1.54. The molecule has 0 radical (unpaired) electrons. The lowest BCUT2D eigenvalue weighted by molar-refractivity contribution is 0.361. The molecule has 1 saturated heterocycles. The maximum Gasteiger partial charge on any atom is 0.00870 e. The Balaban J connectivity index is 1.59. The summed E-state index contributed by atoms with van der Waals surface area (Å²) in [6.45, 7) is 6.92. The lowest BCUT2D eigenvalue weighted by atomic mass is 10.00. The number of thiophene rings is 1. The van der Waals surface area contributed by atoms with E-state index in [2.05, 4.69) is 29.0 Å². The minimum absolute atomic E-state index is 0.846.